The van der Waals surface area contributed by atoms with Gasteiger partial charge in [0.2, 0.25) is 11.8 Å². The molecule has 0 radical (unpaired) electrons. The average Bonchev–Trinajstić information content (AvgIpc) is 2.78. The standard InChI is InChI=1S/C13H17N3O2/c1-13(6-7-15-8-13)12(18)16-10-4-2-9(3-5-10)11(14)17/h2-5,15H,6-8H2,1H3,(H2,14,17)(H,16,18). The van der Waals surface area contributed by atoms with Gasteiger partial charge in [0.25, 0.3) is 0 Å². The molecule has 1 saturated heterocycles. The lowest BCUT2D eigenvalue weighted by Gasteiger charge is -2.21. The van der Waals surface area contributed by atoms with E-state index in [4.69, 9.17) is 5.73 Å². The number of carbonyl (C=O) groups is 2. The largest absolute Gasteiger partial charge is 0.366 e. The molecule has 1 heterocycles. The molecule has 2 rings (SSSR count). The summed E-state index contributed by atoms with van der Waals surface area (Å²) >= 11 is 0. The summed E-state index contributed by atoms with van der Waals surface area (Å²) in [4.78, 5) is 23.0. The molecule has 1 aliphatic heterocycles. The van der Waals surface area contributed by atoms with Crippen LogP contribution in [0.5, 0.6) is 0 Å². The minimum atomic E-state index is -0.472. The van der Waals surface area contributed by atoms with Gasteiger partial charge in [0, 0.05) is 17.8 Å². The van der Waals surface area contributed by atoms with E-state index >= 15 is 0 Å². The fourth-order valence-corrected chi connectivity index (χ4v) is 2.01. The molecule has 1 aromatic rings. The van der Waals surface area contributed by atoms with Crippen molar-refractivity contribution in [1.29, 1.82) is 0 Å². The highest BCUT2D eigenvalue weighted by Crippen LogP contribution is 2.26. The highest BCUT2D eigenvalue weighted by Gasteiger charge is 2.36. The van der Waals surface area contributed by atoms with E-state index in [-0.39, 0.29) is 11.3 Å². The summed E-state index contributed by atoms with van der Waals surface area (Å²) in [5.74, 6) is -0.473. The van der Waals surface area contributed by atoms with Gasteiger partial charge in [0.05, 0.1) is 5.41 Å². The van der Waals surface area contributed by atoms with Gasteiger partial charge in [0.15, 0.2) is 0 Å². The van der Waals surface area contributed by atoms with Crippen molar-refractivity contribution < 1.29 is 9.59 Å². The zero-order valence-corrected chi connectivity index (χ0v) is 10.3. The van der Waals surface area contributed by atoms with Crippen LogP contribution in [-0.4, -0.2) is 24.9 Å². The summed E-state index contributed by atoms with van der Waals surface area (Å²) in [5, 5.41) is 6.04. The van der Waals surface area contributed by atoms with Crippen molar-refractivity contribution in [2.75, 3.05) is 18.4 Å². The molecule has 1 aromatic carbocycles. The molecular formula is C13H17N3O2. The summed E-state index contributed by atoms with van der Waals surface area (Å²) in [6.07, 6.45) is 0.832. The Labute approximate surface area is 106 Å². The zero-order chi connectivity index (χ0) is 13.2. The number of amides is 2. The fraction of sp³-hybridized carbons (Fsp3) is 0.385. The van der Waals surface area contributed by atoms with Crippen LogP contribution in [0.2, 0.25) is 0 Å². The van der Waals surface area contributed by atoms with Gasteiger partial charge in [-0.05, 0) is 44.2 Å². The van der Waals surface area contributed by atoms with E-state index in [0.717, 1.165) is 13.0 Å². The Morgan fingerprint density at radius 2 is 2.00 bits per heavy atom. The van der Waals surface area contributed by atoms with Crippen molar-refractivity contribution in [3.63, 3.8) is 0 Å². The molecule has 1 aliphatic rings. The maximum absolute atomic E-state index is 12.1. The number of hydrogen-bond donors (Lipinski definition) is 3. The summed E-state index contributed by atoms with van der Waals surface area (Å²) in [7, 11) is 0. The highest BCUT2D eigenvalue weighted by atomic mass is 16.2. The van der Waals surface area contributed by atoms with Gasteiger partial charge < -0.3 is 16.4 Å². The molecule has 5 heteroatoms. The van der Waals surface area contributed by atoms with Crippen molar-refractivity contribution in [3.05, 3.63) is 29.8 Å². The van der Waals surface area contributed by atoms with E-state index < -0.39 is 5.91 Å². The minimum absolute atomic E-state index is 0.000625. The second-order valence-electron chi connectivity index (χ2n) is 4.88. The molecule has 0 spiro atoms. The number of primary amides is 1. The second-order valence-corrected chi connectivity index (χ2v) is 4.88. The van der Waals surface area contributed by atoms with Crippen LogP contribution in [0.25, 0.3) is 0 Å². The summed E-state index contributed by atoms with van der Waals surface area (Å²) in [5.41, 5.74) is 5.90. The maximum Gasteiger partial charge on any atom is 0.248 e. The normalized spacial score (nSPS) is 22.7. The molecule has 96 valence electrons. The molecular weight excluding hydrogens is 230 g/mol. The Morgan fingerprint density at radius 3 is 2.50 bits per heavy atom. The third kappa shape index (κ3) is 2.51. The Morgan fingerprint density at radius 1 is 1.33 bits per heavy atom. The van der Waals surface area contributed by atoms with Crippen LogP contribution in [0.1, 0.15) is 23.7 Å². The zero-order valence-electron chi connectivity index (χ0n) is 10.3. The SMILES string of the molecule is CC1(C(=O)Nc2ccc(C(N)=O)cc2)CCNC1. The Hall–Kier alpha value is -1.88. The molecule has 0 aliphatic carbocycles. The fourth-order valence-electron chi connectivity index (χ4n) is 2.01. The molecule has 1 fully saturated rings. The first-order valence-electron chi connectivity index (χ1n) is 5.93. The smallest absolute Gasteiger partial charge is 0.248 e. The Kier molecular flexibility index (Phi) is 3.34. The summed E-state index contributed by atoms with van der Waals surface area (Å²) in [6, 6.07) is 6.58. The van der Waals surface area contributed by atoms with E-state index in [2.05, 4.69) is 10.6 Å². The van der Waals surface area contributed by atoms with E-state index in [9.17, 15) is 9.59 Å². The van der Waals surface area contributed by atoms with Crippen molar-refractivity contribution in [2.45, 2.75) is 13.3 Å². The van der Waals surface area contributed by atoms with Crippen LogP contribution in [0.15, 0.2) is 24.3 Å². The molecule has 18 heavy (non-hydrogen) atoms. The first kappa shape index (κ1) is 12.6. The van der Waals surface area contributed by atoms with Crippen LogP contribution in [0, 0.1) is 5.41 Å². The predicted octanol–water partition coefficient (Wildman–Crippen LogP) is 0.724. The predicted molar refractivity (Wildman–Crippen MR) is 69.2 cm³/mol. The van der Waals surface area contributed by atoms with Gasteiger partial charge in [-0.15, -0.1) is 0 Å². The lowest BCUT2D eigenvalue weighted by molar-refractivity contribution is -0.123. The van der Waals surface area contributed by atoms with Gasteiger partial charge in [-0.1, -0.05) is 0 Å². The number of nitrogens with one attached hydrogen (secondary N) is 2. The number of benzene rings is 1. The molecule has 4 N–H and O–H groups in total. The lowest BCUT2D eigenvalue weighted by Crippen LogP contribution is -2.35. The number of carbonyl (C=O) groups excluding carboxylic acids is 2. The topological polar surface area (TPSA) is 84.2 Å². The van der Waals surface area contributed by atoms with Crippen LogP contribution in [0.3, 0.4) is 0 Å². The van der Waals surface area contributed by atoms with E-state index in [1.165, 1.54) is 0 Å². The van der Waals surface area contributed by atoms with E-state index in [1.807, 2.05) is 6.92 Å². The molecule has 0 bridgehead atoms. The van der Waals surface area contributed by atoms with Crippen LogP contribution < -0.4 is 16.4 Å². The molecule has 5 nitrogen and oxygen atoms in total. The monoisotopic (exact) mass is 247 g/mol. The molecule has 0 saturated carbocycles. The van der Waals surface area contributed by atoms with Gasteiger partial charge >= 0.3 is 0 Å². The molecule has 2 amide bonds. The minimum Gasteiger partial charge on any atom is -0.366 e. The maximum atomic E-state index is 12.1. The van der Waals surface area contributed by atoms with Crippen molar-refractivity contribution in [1.82, 2.24) is 5.32 Å². The summed E-state index contributed by atoms with van der Waals surface area (Å²) < 4.78 is 0. The number of nitrogens with two attached hydrogens (primary N) is 1. The Balaban J connectivity index is 2.05. The number of rotatable bonds is 3. The third-order valence-corrected chi connectivity index (χ3v) is 3.34. The lowest BCUT2D eigenvalue weighted by atomic mass is 9.89. The molecule has 1 atom stereocenters. The van der Waals surface area contributed by atoms with Crippen LogP contribution in [-0.2, 0) is 4.79 Å². The first-order valence-corrected chi connectivity index (χ1v) is 5.93. The van der Waals surface area contributed by atoms with Gasteiger partial charge in [-0.2, -0.15) is 0 Å². The van der Waals surface area contributed by atoms with Gasteiger partial charge in [-0.3, -0.25) is 9.59 Å². The van der Waals surface area contributed by atoms with Crippen LogP contribution >= 0.6 is 0 Å². The third-order valence-electron chi connectivity index (χ3n) is 3.34. The van der Waals surface area contributed by atoms with Crippen LogP contribution in [0.4, 0.5) is 5.69 Å². The van der Waals surface area contributed by atoms with Crippen molar-refractivity contribution in [3.8, 4) is 0 Å². The highest BCUT2D eigenvalue weighted by molar-refractivity contribution is 5.97. The summed E-state index contributed by atoms with van der Waals surface area (Å²) in [6.45, 7) is 3.50. The molecule has 1 unspecified atom stereocenters. The van der Waals surface area contributed by atoms with Gasteiger partial charge in [-0.25, -0.2) is 0 Å². The Bertz CT molecular complexity index is 462. The number of anilines is 1. The average molecular weight is 247 g/mol. The number of hydrogen-bond acceptors (Lipinski definition) is 3. The van der Waals surface area contributed by atoms with Crippen molar-refractivity contribution in [2.24, 2.45) is 11.1 Å². The first-order chi connectivity index (χ1) is 8.51. The van der Waals surface area contributed by atoms with Crippen molar-refractivity contribution >= 4 is 17.5 Å². The molecule has 0 aromatic heterocycles. The second kappa shape index (κ2) is 4.78. The van der Waals surface area contributed by atoms with E-state index in [0.29, 0.717) is 17.8 Å². The quantitative estimate of drug-likeness (QED) is 0.736. The van der Waals surface area contributed by atoms with E-state index in [1.54, 1.807) is 24.3 Å². The van der Waals surface area contributed by atoms with Gasteiger partial charge in [0.1, 0.15) is 0 Å².